The second kappa shape index (κ2) is 4.05. The van der Waals surface area contributed by atoms with Crippen LogP contribution in [0.3, 0.4) is 0 Å². The van der Waals surface area contributed by atoms with Crippen LogP contribution >= 0.6 is 0 Å². The van der Waals surface area contributed by atoms with E-state index in [1.165, 1.54) is 0 Å². The largest absolute Gasteiger partial charge is 0.389 e. The average molecular weight is 251 g/mol. The molecule has 2 saturated carbocycles. The first-order valence-electron chi connectivity index (χ1n) is 6.50. The number of aliphatic hydroxyl groups is 1. The van der Waals surface area contributed by atoms with E-state index in [4.69, 9.17) is 0 Å². The summed E-state index contributed by atoms with van der Waals surface area (Å²) < 4.78 is 1.63. The topological polar surface area (TPSA) is 81.2 Å². The molecule has 1 N–H and O–H groups in total. The number of rotatable bonds is 5. The van der Waals surface area contributed by atoms with E-state index in [-0.39, 0.29) is 23.2 Å². The summed E-state index contributed by atoms with van der Waals surface area (Å²) in [6.45, 7) is 1.92. The van der Waals surface area contributed by atoms with Crippen LogP contribution in [0.15, 0.2) is 0 Å². The van der Waals surface area contributed by atoms with Crippen molar-refractivity contribution in [1.82, 2.24) is 9.55 Å². The summed E-state index contributed by atoms with van der Waals surface area (Å²) in [4.78, 5) is 15.5. The Hall–Kier alpha value is -1.43. The van der Waals surface area contributed by atoms with Gasteiger partial charge in [-0.1, -0.05) is 0 Å². The van der Waals surface area contributed by atoms with Crippen LogP contribution in [0.25, 0.3) is 0 Å². The first kappa shape index (κ1) is 11.6. The smallest absolute Gasteiger partial charge is 0.346 e. The maximum atomic E-state index is 11.3. The van der Waals surface area contributed by atoms with Crippen molar-refractivity contribution >= 4 is 5.82 Å². The molecule has 0 radical (unpaired) electrons. The highest BCUT2D eigenvalue weighted by Crippen LogP contribution is 2.47. The van der Waals surface area contributed by atoms with Gasteiger partial charge in [-0.05, 0) is 37.5 Å². The Morgan fingerprint density at radius 2 is 2.06 bits per heavy atom. The van der Waals surface area contributed by atoms with E-state index >= 15 is 0 Å². The van der Waals surface area contributed by atoms with E-state index in [0.717, 1.165) is 31.5 Å². The molecule has 98 valence electrons. The number of aromatic nitrogens is 2. The van der Waals surface area contributed by atoms with Crippen molar-refractivity contribution in [3.63, 3.8) is 0 Å². The molecule has 18 heavy (non-hydrogen) atoms. The number of nitro groups is 1. The Balaban J connectivity index is 2.07. The van der Waals surface area contributed by atoms with Gasteiger partial charge < -0.3 is 15.2 Å². The molecular formula is C12H17N3O3. The molecule has 2 aliphatic rings. The second-order valence-electron chi connectivity index (χ2n) is 5.44. The predicted octanol–water partition coefficient (Wildman–Crippen LogP) is 1.93. The maximum Gasteiger partial charge on any atom is 0.346 e. The third-order valence-electron chi connectivity index (χ3n) is 3.52. The van der Waals surface area contributed by atoms with Gasteiger partial charge in [0.1, 0.15) is 12.2 Å². The third-order valence-corrected chi connectivity index (χ3v) is 3.52. The van der Waals surface area contributed by atoms with E-state index in [2.05, 4.69) is 4.98 Å². The van der Waals surface area contributed by atoms with Gasteiger partial charge in [0.2, 0.25) is 0 Å². The number of nitrogens with zero attached hydrogens (tertiary/aromatic N) is 3. The molecule has 1 heterocycles. The summed E-state index contributed by atoms with van der Waals surface area (Å²) in [5.74, 6) is 1.54. The molecule has 0 aromatic carbocycles. The normalized spacial score (nSPS) is 21.0. The highest BCUT2D eigenvalue weighted by atomic mass is 16.6. The lowest BCUT2D eigenvalue weighted by atomic mass is 10.3. The van der Waals surface area contributed by atoms with Crippen LogP contribution in [0.5, 0.6) is 0 Å². The van der Waals surface area contributed by atoms with Gasteiger partial charge in [-0.3, -0.25) is 0 Å². The maximum absolute atomic E-state index is 11.3. The summed E-state index contributed by atoms with van der Waals surface area (Å²) in [6.07, 6.45) is 3.51. The predicted molar refractivity (Wildman–Crippen MR) is 64.5 cm³/mol. The van der Waals surface area contributed by atoms with Gasteiger partial charge in [0.05, 0.1) is 6.10 Å². The summed E-state index contributed by atoms with van der Waals surface area (Å²) >= 11 is 0. The highest BCUT2D eigenvalue weighted by Gasteiger charge is 2.41. The number of hydrogen-bond acceptors (Lipinski definition) is 4. The fourth-order valence-corrected chi connectivity index (χ4v) is 2.40. The van der Waals surface area contributed by atoms with Crippen LogP contribution < -0.4 is 0 Å². The van der Waals surface area contributed by atoms with E-state index in [0.29, 0.717) is 11.6 Å². The van der Waals surface area contributed by atoms with Crippen molar-refractivity contribution in [1.29, 1.82) is 0 Å². The lowest BCUT2D eigenvalue weighted by Crippen LogP contribution is -2.16. The molecule has 0 saturated heterocycles. The van der Waals surface area contributed by atoms with Gasteiger partial charge in [0, 0.05) is 11.8 Å². The fourth-order valence-electron chi connectivity index (χ4n) is 2.40. The molecule has 0 bridgehead atoms. The van der Waals surface area contributed by atoms with Crippen molar-refractivity contribution < 1.29 is 10.0 Å². The Morgan fingerprint density at radius 1 is 1.44 bits per heavy atom. The minimum absolute atomic E-state index is 0.111. The molecule has 6 nitrogen and oxygen atoms in total. The Morgan fingerprint density at radius 3 is 2.50 bits per heavy atom. The molecule has 1 aromatic rings. The van der Waals surface area contributed by atoms with E-state index < -0.39 is 6.10 Å². The molecule has 2 aliphatic carbocycles. The van der Waals surface area contributed by atoms with Crippen molar-refractivity contribution in [3.8, 4) is 0 Å². The van der Waals surface area contributed by atoms with Gasteiger partial charge in [-0.2, -0.15) is 0 Å². The summed E-state index contributed by atoms with van der Waals surface area (Å²) in [7, 11) is 0. The third kappa shape index (κ3) is 2.01. The van der Waals surface area contributed by atoms with Gasteiger partial charge in [0.15, 0.2) is 5.82 Å². The number of imidazole rings is 1. The lowest BCUT2D eigenvalue weighted by molar-refractivity contribution is -0.393. The monoisotopic (exact) mass is 251 g/mol. The molecule has 1 atom stereocenters. The average Bonchev–Trinajstić information content (AvgIpc) is 3.16. The molecule has 1 unspecified atom stereocenters. The summed E-state index contributed by atoms with van der Waals surface area (Å²) in [5.41, 5.74) is 0.641. The van der Waals surface area contributed by atoms with E-state index in [1.54, 1.807) is 11.5 Å². The van der Waals surface area contributed by atoms with E-state index in [1.807, 2.05) is 0 Å². The zero-order valence-corrected chi connectivity index (χ0v) is 10.4. The minimum atomic E-state index is -0.595. The Labute approximate surface area is 105 Å². The highest BCUT2D eigenvalue weighted by molar-refractivity contribution is 5.38. The van der Waals surface area contributed by atoms with Crippen LogP contribution in [-0.2, 0) is 6.54 Å². The quantitative estimate of drug-likeness (QED) is 0.640. The number of hydrogen-bond donors (Lipinski definition) is 1. The summed E-state index contributed by atoms with van der Waals surface area (Å²) in [6, 6.07) is 0. The van der Waals surface area contributed by atoms with Crippen LogP contribution in [-0.4, -0.2) is 25.7 Å². The number of aliphatic hydroxyl groups excluding tert-OH is 1. The SMILES string of the molecule is CC(O)Cn1c(C2CC2)nc(C2CC2)c1[N+](=O)[O-]. The van der Waals surface area contributed by atoms with Crippen molar-refractivity contribution in [3.05, 3.63) is 21.6 Å². The Bertz CT molecular complexity index is 487. The van der Waals surface area contributed by atoms with Crippen LogP contribution in [0.2, 0.25) is 0 Å². The van der Waals surface area contributed by atoms with Crippen molar-refractivity contribution in [2.24, 2.45) is 0 Å². The Kier molecular flexibility index (Phi) is 2.62. The van der Waals surface area contributed by atoms with Crippen molar-refractivity contribution in [2.45, 2.75) is 57.1 Å². The second-order valence-corrected chi connectivity index (χ2v) is 5.44. The molecule has 1 aromatic heterocycles. The van der Waals surface area contributed by atoms with Crippen LogP contribution in [0, 0.1) is 10.1 Å². The van der Waals surface area contributed by atoms with Gasteiger partial charge in [-0.25, -0.2) is 9.55 Å². The zero-order valence-electron chi connectivity index (χ0n) is 10.4. The first-order chi connectivity index (χ1) is 8.58. The minimum Gasteiger partial charge on any atom is -0.389 e. The fraction of sp³-hybridized carbons (Fsp3) is 0.750. The van der Waals surface area contributed by atoms with Crippen molar-refractivity contribution in [2.75, 3.05) is 0 Å². The van der Waals surface area contributed by atoms with Gasteiger partial charge in [-0.15, -0.1) is 0 Å². The summed E-state index contributed by atoms with van der Waals surface area (Å²) in [5, 5.41) is 20.8. The van der Waals surface area contributed by atoms with Crippen LogP contribution in [0.1, 0.15) is 56.0 Å². The molecule has 3 rings (SSSR count). The molecular weight excluding hydrogens is 234 g/mol. The van der Waals surface area contributed by atoms with E-state index in [9.17, 15) is 15.2 Å². The zero-order chi connectivity index (χ0) is 12.9. The van der Waals surface area contributed by atoms with Gasteiger partial charge >= 0.3 is 5.82 Å². The lowest BCUT2D eigenvalue weighted by Gasteiger charge is -2.06. The molecule has 6 heteroatoms. The molecule has 0 aliphatic heterocycles. The van der Waals surface area contributed by atoms with Crippen LogP contribution in [0.4, 0.5) is 5.82 Å². The van der Waals surface area contributed by atoms with Gasteiger partial charge in [0.25, 0.3) is 0 Å². The molecule has 0 spiro atoms. The first-order valence-corrected chi connectivity index (χ1v) is 6.50. The standard InChI is InChI=1S/C12H17N3O3/c1-7(16)6-14-11(9-4-5-9)13-10(8-2-3-8)12(14)15(17)18/h7-9,16H,2-6H2,1H3. The molecule has 2 fully saturated rings. The molecule has 0 amide bonds.